The molecule has 4 rings (SSSR count). The molecule has 0 fully saturated rings. The number of para-hydroxylation sites is 2. The summed E-state index contributed by atoms with van der Waals surface area (Å²) in [5.74, 6) is 0.895. The Kier molecular flexibility index (Phi) is 6.51. The number of amides is 1. The lowest BCUT2D eigenvalue weighted by Crippen LogP contribution is -2.14. The molecule has 0 aliphatic carbocycles. The number of carbonyl (C=O) groups is 1. The molecule has 0 radical (unpaired) electrons. The van der Waals surface area contributed by atoms with Gasteiger partial charge in [-0.1, -0.05) is 72.4 Å². The zero-order valence-electron chi connectivity index (χ0n) is 16.4. The zero-order valence-corrected chi connectivity index (χ0v) is 18.0. The summed E-state index contributed by atoms with van der Waals surface area (Å²) >= 11 is 2.93. The topological polar surface area (TPSA) is 59.8 Å². The number of nitrogens with zero attached hydrogens (tertiary/aromatic N) is 3. The standard InChI is InChI=1S/C23H20N4OS2/c1-29-20-15-9-8-14-19(20)24-21(28)16-30-23-25-22(17-10-4-2-5-11-17)27(26-23)18-12-6-3-7-13-18/h2-15H,16H2,1H3,(H,24,28). The van der Waals surface area contributed by atoms with Crippen LogP contribution in [0.2, 0.25) is 0 Å². The Bertz CT molecular complexity index is 1070. The molecule has 150 valence electrons. The molecular formula is C23H20N4OS2. The molecule has 0 saturated heterocycles. The van der Waals surface area contributed by atoms with E-state index < -0.39 is 0 Å². The van der Waals surface area contributed by atoms with Crippen LogP contribution in [0.15, 0.2) is 95.0 Å². The Labute approximate surface area is 183 Å². The van der Waals surface area contributed by atoms with E-state index in [1.165, 1.54) is 11.8 Å². The van der Waals surface area contributed by atoms with Crippen molar-refractivity contribution >= 4 is 35.1 Å². The van der Waals surface area contributed by atoms with Gasteiger partial charge in [0.05, 0.1) is 17.1 Å². The van der Waals surface area contributed by atoms with Crippen LogP contribution in [-0.2, 0) is 4.79 Å². The summed E-state index contributed by atoms with van der Waals surface area (Å²) in [7, 11) is 0. The van der Waals surface area contributed by atoms with Crippen LogP contribution in [0.1, 0.15) is 0 Å². The van der Waals surface area contributed by atoms with Crippen molar-refractivity contribution in [3.8, 4) is 17.1 Å². The average molecular weight is 433 g/mol. The molecule has 5 nitrogen and oxygen atoms in total. The third kappa shape index (κ3) is 4.75. The molecule has 0 spiro atoms. The first-order valence-electron chi connectivity index (χ1n) is 9.38. The molecule has 0 aliphatic rings. The summed E-state index contributed by atoms with van der Waals surface area (Å²) in [5, 5.41) is 8.19. The minimum atomic E-state index is -0.0844. The number of anilines is 1. The summed E-state index contributed by atoms with van der Waals surface area (Å²) in [6.07, 6.45) is 1.99. The molecule has 1 N–H and O–H groups in total. The van der Waals surface area contributed by atoms with E-state index >= 15 is 0 Å². The summed E-state index contributed by atoms with van der Waals surface area (Å²) in [5.41, 5.74) is 2.72. The number of hydrogen-bond acceptors (Lipinski definition) is 5. The summed E-state index contributed by atoms with van der Waals surface area (Å²) in [4.78, 5) is 18.2. The fourth-order valence-electron chi connectivity index (χ4n) is 2.94. The lowest BCUT2D eigenvalue weighted by Gasteiger charge is -2.08. The molecule has 0 bridgehead atoms. The molecule has 1 heterocycles. The van der Waals surface area contributed by atoms with E-state index in [0.717, 1.165) is 27.7 Å². The highest BCUT2D eigenvalue weighted by molar-refractivity contribution is 7.99. The van der Waals surface area contributed by atoms with Gasteiger partial charge in [0.15, 0.2) is 5.82 Å². The van der Waals surface area contributed by atoms with E-state index in [0.29, 0.717) is 5.16 Å². The SMILES string of the molecule is CSc1ccccc1NC(=O)CSc1nc(-c2ccccc2)n(-c2ccccc2)n1. The summed E-state index contributed by atoms with van der Waals surface area (Å²) in [6, 6.07) is 27.6. The van der Waals surface area contributed by atoms with E-state index in [2.05, 4.69) is 10.4 Å². The fourth-order valence-corrected chi connectivity index (χ4v) is 4.12. The van der Waals surface area contributed by atoms with Crippen LogP contribution in [0, 0.1) is 0 Å². The Morgan fingerprint density at radius 2 is 1.60 bits per heavy atom. The first-order chi connectivity index (χ1) is 14.7. The van der Waals surface area contributed by atoms with Crippen LogP contribution in [0.4, 0.5) is 5.69 Å². The van der Waals surface area contributed by atoms with Crippen LogP contribution in [0.25, 0.3) is 17.1 Å². The smallest absolute Gasteiger partial charge is 0.234 e. The molecule has 4 aromatic rings. The first-order valence-corrected chi connectivity index (χ1v) is 11.6. The molecule has 1 amide bonds. The molecule has 0 atom stereocenters. The lowest BCUT2D eigenvalue weighted by molar-refractivity contribution is -0.113. The minimum absolute atomic E-state index is 0.0844. The summed E-state index contributed by atoms with van der Waals surface area (Å²) in [6.45, 7) is 0. The third-order valence-corrected chi connectivity index (χ3v) is 5.97. The molecule has 7 heteroatoms. The van der Waals surface area contributed by atoms with Gasteiger partial charge in [-0.15, -0.1) is 16.9 Å². The van der Waals surface area contributed by atoms with E-state index in [-0.39, 0.29) is 11.7 Å². The molecule has 0 aliphatic heterocycles. The Morgan fingerprint density at radius 1 is 0.933 bits per heavy atom. The van der Waals surface area contributed by atoms with Crippen molar-refractivity contribution in [1.82, 2.24) is 14.8 Å². The number of carbonyl (C=O) groups excluding carboxylic acids is 1. The molecular weight excluding hydrogens is 412 g/mol. The highest BCUT2D eigenvalue weighted by Gasteiger charge is 2.15. The maximum absolute atomic E-state index is 12.5. The Hall–Kier alpha value is -3.03. The first kappa shape index (κ1) is 20.3. The maximum atomic E-state index is 12.5. The predicted octanol–water partition coefficient (Wildman–Crippen LogP) is 5.39. The van der Waals surface area contributed by atoms with Gasteiger partial charge in [0.1, 0.15) is 0 Å². The number of nitrogens with one attached hydrogen (secondary N) is 1. The van der Waals surface area contributed by atoms with E-state index in [4.69, 9.17) is 4.98 Å². The van der Waals surface area contributed by atoms with Crippen molar-refractivity contribution in [3.63, 3.8) is 0 Å². The quantitative estimate of drug-likeness (QED) is 0.397. The third-order valence-electron chi connectivity index (χ3n) is 4.33. The van der Waals surface area contributed by atoms with E-state index in [1.807, 2.05) is 95.9 Å². The van der Waals surface area contributed by atoms with Crippen LogP contribution in [0.3, 0.4) is 0 Å². The van der Waals surface area contributed by atoms with Crippen LogP contribution in [-0.4, -0.2) is 32.7 Å². The predicted molar refractivity (Wildman–Crippen MR) is 124 cm³/mol. The van der Waals surface area contributed by atoms with Crippen molar-refractivity contribution in [2.75, 3.05) is 17.3 Å². The van der Waals surface area contributed by atoms with Gasteiger partial charge in [-0.2, -0.15) is 0 Å². The number of rotatable bonds is 7. The molecule has 30 heavy (non-hydrogen) atoms. The van der Waals surface area contributed by atoms with Crippen LogP contribution < -0.4 is 5.32 Å². The second kappa shape index (κ2) is 9.65. The van der Waals surface area contributed by atoms with Crippen molar-refractivity contribution in [3.05, 3.63) is 84.9 Å². The van der Waals surface area contributed by atoms with Crippen molar-refractivity contribution < 1.29 is 4.79 Å². The lowest BCUT2D eigenvalue weighted by atomic mass is 10.2. The number of thioether (sulfide) groups is 2. The monoisotopic (exact) mass is 432 g/mol. The zero-order chi connectivity index (χ0) is 20.8. The van der Waals surface area contributed by atoms with Gasteiger partial charge in [0, 0.05) is 10.5 Å². The average Bonchev–Trinajstić information content (AvgIpc) is 3.24. The Morgan fingerprint density at radius 3 is 2.33 bits per heavy atom. The Balaban J connectivity index is 1.53. The van der Waals surface area contributed by atoms with Crippen LogP contribution >= 0.6 is 23.5 Å². The van der Waals surface area contributed by atoms with Crippen LogP contribution in [0.5, 0.6) is 0 Å². The summed E-state index contributed by atoms with van der Waals surface area (Å²) < 4.78 is 1.82. The number of hydrogen-bond donors (Lipinski definition) is 1. The van der Waals surface area contributed by atoms with Gasteiger partial charge >= 0.3 is 0 Å². The van der Waals surface area contributed by atoms with Gasteiger partial charge in [-0.05, 0) is 30.5 Å². The minimum Gasteiger partial charge on any atom is -0.324 e. The normalized spacial score (nSPS) is 10.7. The van der Waals surface area contributed by atoms with E-state index in [1.54, 1.807) is 11.8 Å². The molecule has 0 unspecified atom stereocenters. The van der Waals surface area contributed by atoms with Crippen molar-refractivity contribution in [2.45, 2.75) is 10.1 Å². The number of benzene rings is 3. The maximum Gasteiger partial charge on any atom is 0.234 e. The van der Waals surface area contributed by atoms with Gasteiger partial charge in [0.25, 0.3) is 0 Å². The second-order valence-electron chi connectivity index (χ2n) is 6.37. The van der Waals surface area contributed by atoms with Crippen molar-refractivity contribution in [2.24, 2.45) is 0 Å². The van der Waals surface area contributed by atoms with Crippen molar-refractivity contribution in [1.29, 1.82) is 0 Å². The molecule has 3 aromatic carbocycles. The van der Waals surface area contributed by atoms with Gasteiger partial charge in [0.2, 0.25) is 11.1 Å². The van der Waals surface area contributed by atoms with Gasteiger partial charge < -0.3 is 5.32 Å². The van der Waals surface area contributed by atoms with Gasteiger partial charge in [-0.3, -0.25) is 4.79 Å². The van der Waals surface area contributed by atoms with E-state index in [9.17, 15) is 4.79 Å². The highest BCUT2D eigenvalue weighted by Crippen LogP contribution is 2.27. The number of aromatic nitrogens is 3. The largest absolute Gasteiger partial charge is 0.324 e. The fraction of sp³-hybridized carbons (Fsp3) is 0.0870. The molecule has 0 saturated carbocycles. The second-order valence-corrected chi connectivity index (χ2v) is 8.16. The molecule has 1 aromatic heterocycles. The van der Waals surface area contributed by atoms with Gasteiger partial charge in [-0.25, -0.2) is 9.67 Å². The highest BCUT2D eigenvalue weighted by atomic mass is 32.2.